The van der Waals surface area contributed by atoms with Gasteiger partial charge >= 0.3 is 5.69 Å². The molecule has 0 aliphatic rings. The van der Waals surface area contributed by atoms with Gasteiger partial charge in [-0.3, -0.25) is 9.13 Å². The zero-order chi connectivity index (χ0) is 13.7. The normalized spacial score (nSPS) is 14.1. The summed E-state index contributed by atoms with van der Waals surface area (Å²) in [4.78, 5) is 11.8. The first kappa shape index (κ1) is 13.7. The lowest BCUT2D eigenvalue weighted by atomic mass is 10.1. The molecule has 1 atom stereocenters. The Morgan fingerprint density at radius 3 is 2.28 bits per heavy atom. The van der Waals surface area contributed by atoms with Gasteiger partial charge in [0.15, 0.2) is 0 Å². The zero-order valence-electron chi connectivity index (χ0n) is 9.69. The van der Waals surface area contributed by atoms with Gasteiger partial charge in [0.1, 0.15) is 6.10 Å². The van der Waals surface area contributed by atoms with Crippen LogP contribution in [-0.2, 0) is 14.1 Å². The van der Waals surface area contributed by atoms with E-state index in [-0.39, 0.29) is 5.69 Å². The average Bonchev–Trinajstić information content (AvgIpc) is 2.52. The van der Waals surface area contributed by atoms with Crippen LogP contribution < -0.4 is 5.69 Å². The number of hydrogen-bond acceptors (Lipinski definition) is 2. The van der Waals surface area contributed by atoms with Gasteiger partial charge in [0.05, 0.1) is 11.0 Å². The molecular weight excluding hydrogens is 298 g/mol. The van der Waals surface area contributed by atoms with Crippen LogP contribution in [0.4, 0.5) is 0 Å². The van der Waals surface area contributed by atoms with E-state index in [1.165, 1.54) is 9.13 Å². The van der Waals surface area contributed by atoms with Crippen LogP contribution in [0.25, 0.3) is 11.0 Å². The zero-order valence-corrected chi connectivity index (χ0v) is 12.0. The van der Waals surface area contributed by atoms with Gasteiger partial charge in [0.2, 0.25) is 3.79 Å². The summed E-state index contributed by atoms with van der Waals surface area (Å²) in [5.74, 6) is 0. The maximum Gasteiger partial charge on any atom is 0.328 e. The SMILES string of the molecule is Cn1c(=O)n(C)c2cc([C@@H](O)C(Cl)(Cl)Cl)ccc21. The molecule has 0 amide bonds. The number of aryl methyl sites for hydroxylation is 2. The quantitative estimate of drug-likeness (QED) is 0.822. The molecule has 1 aromatic heterocycles. The van der Waals surface area contributed by atoms with E-state index in [0.29, 0.717) is 11.1 Å². The van der Waals surface area contributed by atoms with Gasteiger partial charge in [-0.15, -0.1) is 0 Å². The summed E-state index contributed by atoms with van der Waals surface area (Å²) in [5.41, 5.74) is 1.73. The molecule has 0 spiro atoms. The second kappa shape index (κ2) is 4.46. The predicted octanol–water partition coefficient (Wildman–Crippen LogP) is 2.28. The maximum absolute atomic E-state index is 11.8. The molecule has 0 fully saturated rings. The molecule has 2 aromatic rings. The summed E-state index contributed by atoms with van der Waals surface area (Å²) in [6.45, 7) is 0. The Bertz CT molecular complexity index is 655. The molecule has 1 heterocycles. The van der Waals surface area contributed by atoms with Crippen LogP contribution in [0.3, 0.4) is 0 Å². The summed E-state index contributed by atoms with van der Waals surface area (Å²) in [5, 5.41) is 9.89. The van der Waals surface area contributed by atoms with Gasteiger partial charge in [-0.2, -0.15) is 0 Å². The van der Waals surface area contributed by atoms with Crippen LogP contribution in [0.2, 0.25) is 0 Å². The van der Waals surface area contributed by atoms with E-state index in [0.717, 1.165) is 5.52 Å². The van der Waals surface area contributed by atoms with E-state index in [4.69, 9.17) is 34.8 Å². The van der Waals surface area contributed by atoms with Crippen LogP contribution in [0.5, 0.6) is 0 Å². The van der Waals surface area contributed by atoms with Crippen molar-refractivity contribution in [3.05, 3.63) is 34.2 Å². The lowest BCUT2D eigenvalue weighted by Gasteiger charge is -2.19. The molecule has 4 nitrogen and oxygen atoms in total. The number of nitrogens with zero attached hydrogens (tertiary/aromatic N) is 2. The highest BCUT2D eigenvalue weighted by Crippen LogP contribution is 2.40. The Kier molecular flexibility index (Phi) is 3.40. The van der Waals surface area contributed by atoms with E-state index in [1.54, 1.807) is 32.3 Å². The molecule has 18 heavy (non-hydrogen) atoms. The van der Waals surface area contributed by atoms with Gasteiger partial charge in [0.25, 0.3) is 0 Å². The van der Waals surface area contributed by atoms with Crippen molar-refractivity contribution in [2.75, 3.05) is 0 Å². The maximum atomic E-state index is 11.8. The molecule has 0 saturated carbocycles. The first-order chi connectivity index (χ1) is 8.23. The fourth-order valence-corrected chi connectivity index (χ4v) is 2.26. The van der Waals surface area contributed by atoms with Crippen molar-refractivity contribution in [2.45, 2.75) is 9.90 Å². The Morgan fingerprint density at radius 2 is 1.72 bits per heavy atom. The highest BCUT2D eigenvalue weighted by Gasteiger charge is 2.32. The van der Waals surface area contributed by atoms with E-state index in [9.17, 15) is 9.90 Å². The summed E-state index contributed by atoms with van der Waals surface area (Å²) in [7, 11) is 3.33. The summed E-state index contributed by atoms with van der Waals surface area (Å²) < 4.78 is 1.19. The molecule has 0 bridgehead atoms. The molecule has 0 unspecified atom stereocenters. The molecule has 98 valence electrons. The Morgan fingerprint density at radius 1 is 1.17 bits per heavy atom. The standard InChI is InChI=1S/C11H11Cl3N2O2/c1-15-7-4-3-6(9(17)11(12,13)14)5-8(7)16(2)10(15)18/h3-5,9,17H,1-2H3/t9-/m1/s1. The number of halogens is 3. The van der Waals surface area contributed by atoms with Crippen molar-refractivity contribution in [1.82, 2.24) is 9.13 Å². The van der Waals surface area contributed by atoms with Crippen LogP contribution >= 0.6 is 34.8 Å². The average molecular weight is 310 g/mol. The molecule has 0 radical (unpaired) electrons. The molecule has 1 N–H and O–H groups in total. The number of hydrogen-bond donors (Lipinski definition) is 1. The number of alkyl halides is 3. The van der Waals surface area contributed by atoms with Crippen LogP contribution in [0, 0.1) is 0 Å². The van der Waals surface area contributed by atoms with Gasteiger partial charge in [-0.25, -0.2) is 4.79 Å². The Hall–Kier alpha value is -0.680. The third-order valence-corrected chi connectivity index (χ3v) is 3.54. The molecule has 0 aliphatic heterocycles. The van der Waals surface area contributed by atoms with Crippen molar-refractivity contribution in [2.24, 2.45) is 14.1 Å². The fourth-order valence-electron chi connectivity index (χ4n) is 1.88. The first-order valence-corrected chi connectivity index (χ1v) is 6.27. The minimum absolute atomic E-state index is 0.148. The minimum Gasteiger partial charge on any atom is -0.384 e. The third kappa shape index (κ3) is 2.14. The van der Waals surface area contributed by atoms with Crippen LogP contribution in [-0.4, -0.2) is 18.0 Å². The van der Waals surface area contributed by atoms with Crippen molar-refractivity contribution in [3.8, 4) is 0 Å². The topological polar surface area (TPSA) is 47.2 Å². The lowest BCUT2D eigenvalue weighted by Crippen LogP contribution is -2.19. The lowest BCUT2D eigenvalue weighted by molar-refractivity contribution is 0.182. The van der Waals surface area contributed by atoms with Gasteiger partial charge in [-0.05, 0) is 17.7 Å². The van der Waals surface area contributed by atoms with Gasteiger partial charge in [-0.1, -0.05) is 40.9 Å². The third-order valence-electron chi connectivity index (χ3n) is 2.92. The molecular formula is C11H11Cl3N2O2. The van der Waals surface area contributed by atoms with E-state index in [1.807, 2.05) is 0 Å². The number of benzene rings is 1. The van der Waals surface area contributed by atoms with Crippen LogP contribution in [0.1, 0.15) is 11.7 Å². The van der Waals surface area contributed by atoms with Crippen molar-refractivity contribution >= 4 is 45.8 Å². The minimum atomic E-state index is -1.80. The van der Waals surface area contributed by atoms with E-state index < -0.39 is 9.90 Å². The number of rotatable bonds is 1. The Labute approximate surface area is 118 Å². The predicted molar refractivity (Wildman–Crippen MR) is 73.4 cm³/mol. The monoisotopic (exact) mass is 308 g/mol. The summed E-state index contributed by atoms with van der Waals surface area (Å²) in [6.07, 6.45) is -1.25. The molecule has 0 aliphatic carbocycles. The van der Waals surface area contributed by atoms with Crippen molar-refractivity contribution < 1.29 is 5.11 Å². The number of aliphatic hydroxyl groups excluding tert-OH is 1. The highest BCUT2D eigenvalue weighted by atomic mass is 35.6. The summed E-state index contributed by atoms with van der Waals surface area (Å²) in [6, 6.07) is 4.99. The fraction of sp³-hybridized carbons (Fsp3) is 0.364. The largest absolute Gasteiger partial charge is 0.384 e. The number of fused-ring (bicyclic) bond motifs is 1. The second-order valence-electron chi connectivity index (χ2n) is 4.09. The van der Waals surface area contributed by atoms with Gasteiger partial charge < -0.3 is 5.11 Å². The molecule has 7 heteroatoms. The van der Waals surface area contributed by atoms with Crippen molar-refractivity contribution in [1.29, 1.82) is 0 Å². The molecule has 2 rings (SSSR count). The Balaban J connectivity index is 2.65. The highest BCUT2D eigenvalue weighted by molar-refractivity contribution is 6.68. The molecule has 0 saturated heterocycles. The first-order valence-electron chi connectivity index (χ1n) is 5.13. The second-order valence-corrected chi connectivity index (χ2v) is 6.46. The molecule has 1 aromatic carbocycles. The number of aliphatic hydroxyl groups is 1. The van der Waals surface area contributed by atoms with Gasteiger partial charge in [0, 0.05) is 14.1 Å². The van der Waals surface area contributed by atoms with E-state index in [2.05, 4.69) is 0 Å². The summed E-state index contributed by atoms with van der Waals surface area (Å²) >= 11 is 17.0. The number of imidazole rings is 1. The smallest absolute Gasteiger partial charge is 0.328 e. The van der Waals surface area contributed by atoms with E-state index >= 15 is 0 Å². The number of aromatic nitrogens is 2. The van der Waals surface area contributed by atoms with Crippen LogP contribution in [0.15, 0.2) is 23.0 Å². The van der Waals surface area contributed by atoms with Crippen molar-refractivity contribution in [3.63, 3.8) is 0 Å².